The van der Waals surface area contributed by atoms with Crippen LogP contribution in [0.2, 0.25) is 0 Å². The smallest absolute Gasteiger partial charge is 0.0509 e. The molecular weight excluding hydrogens is 200 g/mol. The first kappa shape index (κ1) is 12.3. The lowest BCUT2D eigenvalue weighted by atomic mass is 9.98. The highest BCUT2D eigenvalue weighted by Gasteiger charge is 2.23. The summed E-state index contributed by atoms with van der Waals surface area (Å²) in [6.07, 6.45) is 4.38. The van der Waals surface area contributed by atoms with E-state index in [1.165, 1.54) is 6.42 Å². The average molecular weight is 221 g/mol. The van der Waals surface area contributed by atoms with Gasteiger partial charge in [-0.15, -0.1) is 11.6 Å². The molecule has 0 aromatic carbocycles. The van der Waals surface area contributed by atoms with Gasteiger partial charge in [0.1, 0.15) is 0 Å². The Balaban J connectivity index is 1.99. The van der Waals surface area contributed by atoms with Crippen LogP contribution in [-0.2, 0) is 9.47 Å². The number of rotatable bonds is 6. The van der Waals surface area contributed by atoms with Crippen molar-refractivity contribution in [2.24, 2.45) is 5.92 Å². The van der Waals surface area contributed by atoms with Crippen LogP contribution in [0.5, 0.6) is 0 Å². The summed E-state index contributed by atoms with van der Waals surface area (Å²) in [5, 5.41) is 0.290. The van der Waals surface area contributed by atoms with Crippen LogP contribution in [0.3, 0.4) is 0 Å². The minimum Gasteiger partial charge on any atom is -0.381 e. The lowest BCUT2D eigenvalue weighted by molar-refractivity contribution is 0.0363. The number of ether oxygens (including phenoxy) is 2. The van der Waals surface area contributed by atoms with Crippen molar-refractivity contribution in [2.75, 3.05) is 26.4 Å². The maximum Gasteiger partial charge on any atom is 0.0509 e. The fraction of sp³-hybridized carbons (Fsp3) is 1.00. The molecule has 1 heterocycles. The fourth-order valence-corrected chi connectivity index (χ4v) is 1.91. The van der Waals surface area contributed by atoms with Gasteiger partial charge in [-0.1, -0.05) is 13.3 Å². The summed E-state index contributed by atoms with van der Waals surface area (Å²) in [6.45, 7) is 5.52. The van der Waals surface area contributed by atoms with Gasteiger partial charge in [-0.3, -0.25) is 0 Å². The Labute approximate surface area is 91.9 Å². The number of alkyl halides is 1. The molecule has 2 nitrogen and oxygen atoms in total. The van der Waals surface area contributed by atoms with Crippen LogP contribution in [-0.4, -0.2) is 31.8 Å². The van der Waals surface area contributed by atoms with Crippen LogP contribution >= 0.6 is 11.6 Å². The zero-order valence-corrected chi connectivity index (χ0v) is 9.76. The maximum atomic E-state index is 6.19. The van der Waals surface area contributed by atoms with E-state index in [1.807, 2.05) is 0 Å². The Morgan fingerprint density at radius 2 is 2.29 bits per heavy atom. The predicted molar refractivity (Wildman–Crippen MR) is 58.9 cm³/mol. The van der Waals surface area contributed by atoms with Gasteiger partial charge in [-0.25, -0.2) is 0 Å². The molecule has 1 rings (SSSR count). The zero-order valence-electron chi connectivity index (χ0n) is 9.01. The Kier molecular flexibility index (Phi) is 6.57. The SMILES string of the molecule is CCCCOCCC1COCCC1Cl. The Morgan fingerprint density at radius 1 is 1.43 bits per heavy atom. The van der Waals surface area contributed by atoms with Crippen molar-refractivity contribution in [3.05, 3.63) is 0 Å². The summed E-state index contributed by atoms with van der Waals surface area (Å²) >= 11 is 6.19. The molecule has 3 heteroatoms. The molecule has 2 unspecified atom stereocenters. The number of halogens is 1. The van der Waals surface area contributed by atoms with Crippen LogP contribution in [0.15, 0.2) is 0 Å². The minimum atomic E-state index is 0.290. The van der Waals surface area contributed by atoms with Crippen LogP contribution in [0.1, 0.15) is 32.6 Å². The van der Waals surface area contributed by atoms with Gasteiger partial charge in [-0.05, 0) is 19.3 Å². The van der Waals surface area contributed by atoms with Gasteiger partial charge in [0.15, 0.2) is 0 Å². The summed E-state index contributed by atoms with van der Waals surface area (Å²) in [7, 11) is 0. The number of hydrogen-bond donors (Lipinski definition) is 0. The molecule has 0 aromatic rings. The molecule has 0 radical (unpaired) electrons. The van der Waals surface area contributed by atoms with E-state index in [1.54, 1.807) is 0 Å². The molecule has 84 valence electrons. The van der Waals surface area contributed by atoms with Crippen molar-refractivity contribution in [2.45, 2.75) is 38.0 Å². The number of hydrogen-bond acceptors (Lipinski definition) is 2. The molecule has 1 saturated heterocycles. The second-order valence-electron chi connectivity index (χ2n) is 3.89. The highest BCUT2D eigenvalue weighted by Crippen LogP contribution is 2.23. The summed E-state index contributed by atoms with van der Waals surface area (Å²) < 4.78 is 10.9. The first-order valence-corrected chi connectivity index (χ1v) is 6.07. The summed E-state index contributed by atoms with van der Waals surface area (Å²) in [4.78, 5) is 0. The van der Waals surface area contributed by atoms with E-state index >= 15 is 0 Å². The van der Waals surface area contributed by atoms with E-state index in [4.69, 9.17) is 21.1 Å². The predicted octanol–water partition coefficient (Wildman–Crippen LogP) is 2.84. The summed E-state index contributed by atoms with van der Waals surface area (Å²) in [5.74, 6) is 0.493. The monoisotopic (exact) mass is 220 g/mol. The second-order valence-corrected chi connectivity index (χ2v) is 4.45. The molecule has 1 aliphatic rings. The van der Waals surface area contributed by atoms with Crippen LogP contribution < -0.4 is 0 Å². The first-order valence-electron chi connectivity index (χ1n) is 5.64. The minimum absolute atomic E-state index is 0.290. The highest BCUT2D eigenvalue weighted by atomic mass is 35.5. The van der Waals surface area contributed by atoms with Gasteiger partial charge in [0.25, 0.3) is 0 Å². The molecule has 1 aliphatic heterocycles. The van der Waals surface area contributed by atoms with Crippen molar-refractivity contribution in [1.29, 1.82) is 0 Å². The van der Waals surface area contributed by atoms with E-state index in [0.717, 1.165) is 45.7 Å². The molecule has 1 fully saturated rings. The van der Waals surface area contributed by atoms with Crippen LogP contribution in [0.4, 0.5) is 0 Å². The Hall–Kier alpha value is 0.210. The quantitative estimate of drug-likeness (QED) is 0.506. The molecule has 0 spiro atoms. The Bertz CT molecular complexity index is 141. The molecule has 0 aliphatic carbocycles. The number of unbranched alkanes of at least 4 members (excludes halogenated alkanes) is 1. The van der Waals surface area contributed by atoms with Gasteiger partial charge in [-0.2, -0.15) is 0 Å². The molecule has 0 N–H and O–H groups in total. The topological polar surface area (TPSA) is 18.5 Å². The Morgan fingerprint density at radius 3 is 3.00 bits per heavy atom. The first-order chi connectivity index (χ1) is 6.84. The van der Waals surface area contributed by atoms with Crippen molar-refractivity contribution >= 4 is 11.6 Å². The lowest BCUT2D eigenvalue weighted by Crippen LogP contribution is -2.29. The molecular formula is C11H21ClO2. The zero-order chi connectivity index (χ0) is 10.2. The van der Waals surface area contributed by atoms with E-state index in [2.05, 4.69) is 6.92 Å². The van der Waals surface area contributed by atoms with Gasteiger partial charge < -0.3 is 9.47 Å². The van der Waals surface area contributed by atoms with E-state index in [-0.39, 0.29) is 0 Å². The third kappa shape index (κ3) is 4.63. The lowest BCUT2D eigenvalue weighted by Gasteiger charge is -2.26. The second kappa shape index (κ2) is 7.49. The maximum absolute atomic E-state index is 6.19. The molecule has 0 saturated carbocycles. The van der Waals surface area contributed by atoms with E-state index in [0.29, 0.717) is 11.3 Å². The molecule has 0 amide bonds. The van der Waals surface area contributed by atoms with Crippen molar-refractivity contribution in [3.8, 4) is 0 Å². The van der Waals surface area contributed by atoms with Crippen molar-refractivity contribution in [1.82, 2.24) is 0 Å². The third-order valence-electron chi connectivity index (χ3n) is 2.66. The van der Waals surface area contributed by atoms with E-state index in [9.17, 15) is 0 Å². The van der Waals surface area contributed by atoms with Gasteiger partial charge in [0, 0.05) is 31.1 Å². The van der Waals surface area contributed by atoms with Crippen molar-refractivity contribution < 1.29 is 9.47 Å². The largest absolute Gasteiger partial charge is 0.381 e. The van der Waals surface area contributed by atoms with Gasteiger partial charge >= 0.3 is 0 Å². The van der Waals surface area contributed by atoms with Gasteiger partial charge in [0.05, 0.1) is 6.61 Å². The third-order valence-corrected chi connectivity index (χ3v) is 3.23. The summed E-state index contributed by atoms with van der Waals surface area (Å²) in [6, 6.07) is 0. The standard InChI is InChI=1S/C11H21ClO2/c1-2-3-6-13-7-4-10-9-14-8-5-11(10)12/h10-11H,2-9H2,1H3. The normalized spacial score (nSPS) is 27.9. The molecule has 2 atom stereocenters. The van der Waals surface area contributed by atoms with Gasteiger partial charge in [0.2, 0.25) is 0 Å². The summed E-state index contributed by atoms with van der Waals surface area (Å²) in [5.41, 5.74) is 0. The average Bonchev–Trinajstić information content (AvgIpc) is 2.20. The van der Waals surface area contributed by atoms with Crippen LogP contribution in [0, 0.1) is 5.92 Å². The highest BCUT2D eigenvalue weighted by molar-refractivity contribution is 6.20. The van der Waals surface area contributed by atoms with Crippen molar-refractivity contribution in [3.63, 3.8) is 0 Å². The molecule has 0 bridgehead atoms. The fourth-order valence-electron chi connectivity index (χ4n) is 1.62. The molecule has 14 heavy (non-hydrogen) atoms. The van der Waals surface area contributed by atoms with E-state index < -0.39 is 0 Å². The molecule has 0 aromatic heterocycles. The van der Waals surface area contributed by atoms with Crippen LogP contribution in [0.25, 0.3) is 0 Å².